The van der Waals surface area contributed by atoms with E-state index in [4.69, 9.17) is 4.74 Å². The molecule has 2 aliphatic rings. The second-order valence-electron chi connectivity index (χ2n) is 6.82. The van der Waals surface area contributed by atoms with Crippen LogP contribution in [0.5, 0.6) is 0 Å². The molecule has 2 atom stereocenters. The number of hydrogen-bond donors (Lipinski definition) is 1. The third-order valence-corrected chi connectivity index (χ3v) is 5.67. The lowest BCUT2D eigenvalue weighted by atomic mass is 9.91. The first kappa shape index (κ1) is 19.8. The van der Waals surface area contributed by atoms with Gasteiger partial charge >= 0.3 is 5.97 Å². The first-order valence-corrected chi connectivity index (χ1v) is 10.2. The van der Waals surface area contributed by atoms with Gasteiger partial charge in [-0.1, -0.05) is 43.7 Å². The van der Waals surface area contributed by atoms with Crippen molar-refractivity contribution >= 4 is 23.6 Å². The van der Waals surface area contributed by atoms with Crippen LogP contribution in [0.1, 0.15) is 58.8 Å². The van der Waals surface area contributed by atoms with Crippen molar-refractivity contribution in [1.82, 2.24) is 5.32 Å². The number of carbonyl (C=O) groups is 2. The fourth-order valence-corrected chi connectivity index (χ4v) is 3.87. The minimum absolute atomic E-state index is 0.0686. The van der Waals surface area contributed by atoms with Crippen LogP contribution in [0.25, 0.3) is 0 Å². The number of hydrogen-bond acceptors (Lipinski definition) is 4. The summed E-state index contributed by atoms with van der Waals surface area (Å²) < 4.78 is 5.58. The molecule has 0 saturated carbocycles. The van der Waals surface area contributed by atoms with E-state index < -0.39 is 5.54 Å². The number of amides is 1. The van der Waals surface area contributed by atoms with Crippen molar-refractivity contribution in [2.75, 3.05) is 5.75 Å². The summed E-state index contributed by atoms with van der Waals surface area (Å²) in [5.74, 6) is 0.388. The van der Waals surface area contributed by atoms with Crippen molar-refractivity contribution in [1.29, 1.82) is 0 Å². The molecular formula is C20H29NO3S. The summed E-state index contributed by atoms with van der Waals surface area (Å²) in [6, 6.07) is 0. The van der Waals surface area contributed by atoms with E-state index in [9.17, 15) is 9.59 Å². The molecule has 0 bridgehead atoms. The highest BCUT2D eigenvalue weighted by atomic mass is 32.2. The Morgan fingerprint density at radius 2 is 2.24 bits per heavy atom. The maximum atomic E-state index is 12.4. The smallest absolute Gasteiger partial charge is 0.331 e. The molecule has 138 valence electrons. The highest BCUT2D eigenvalue weighted by Gasteiger charge is 2.41. The average Bonchev–Trinajstić information content (AvgIpc) is 3.09. The lowest BCUT2D eigenvalue weighted by Crippen LogP contribution is -2.56. The number of carbonyl (C=O) groups excluding carboxylic acids is 2. The minimum Gasteiger partial charge on any atom is -0.460 e. The van der Waals surface area contributed by atoms with Crippen LogP contribution in [0, 0.1) is 0 Å². The number of nitrogens with one attached hydrogen (secondary N) is 1. The fraction of sp³-hybridized carbons (Fsp3) is 0.600. The van der Waals surface area contributed by atoms with Gasteiger partial charge in [0.25, 0.3) is 0 Å². The first-order chi connectivity index (χ1) is 12.0. The van der Waals surface area contributed by atoms with Crippen LogP contribution in [0.3, 0.4) is 0 Å². The molecule has 1 N–H and O–H groups in total. The quantitative estimate of drug-likeness (QED) is 0.491. The van der Waals surface area contributed by atoms with Gasteiger partial charge in [-0.25, -0.2) is 4.79 Å². The maximum Gasteiger partial charge on any atom is 0.331 e. The molecule has 0 aromatic carbocycles. The summed E-state index contributed by atoms with van der Waals surface area (Å²) in [5.41, 5.74) is -0.889. The monoisotopic (exact) mass is 363 g/mol. The second kappa shape index (κ2) is 9.85. The van der Waals surface area contributed by atoms with E-state index >= 15 is 0 Å². The summed E-state index contributed by atoms with van der Waals surface area (Å²) in [6.45, 7) is 3.90. The van der Waals surface area contributed by atoms with Crippen molar-refractivity contribution in [2.45, 2.75) is 70.4 Å². The second-order valence-corrected chi connectivity index (χ2v) is 7.97. The molecule has 1 amide bonds. The SMILES string of the molecule is CCC/C=C\CCC(=O)N[C@@]1(C)CC[C@@H](CSC2=CC=CC2)OC1=O. The molecule has 1 fully saturated rings. The van der Waals surface area contributed by atoms with E-state index in [0.29, 0.717) is 19.3 Å². The third kappa shape index (κ3) is 6.38. The summed E-state index contributed by atoms with van der Waals surface area (Å²) in [7, 11) is 0. The average molecular weight is 364 g/mol. The Labute approximate surface area is 155 Å². The number of ether oxygens (including phenoxy) is 1. The number of esters is 1. The Kier molecular flexibility index (Phi) is 7.82. The van der Waals surface area contributed by atoms with Gasteiger partial charge in [-0.05, 0) is 43.9 Å². The van der Waals surface area contributed by atoms with E-state index in [-0.39, 0.29) is 18.0 Å². The zero-order valence-electron chi connectivity index (χ0n) is 15.3. The van der Waals surface area contributed by atoms with Gasteiger partial charge < -0.3 is 10.1 Å². The fourth-order valence-electron chi connectivity index (χ4n) is 2.84. The summed E-state index contributed by atoms with van der Waals surface area (Å²) in [6.07, 6.45) is 16.0. The Balaban J connectivity index is 1.72. The zero-order valence-corrected chi connectivity index (χ0v) is 16.1. The molecule has 1 heterocycles. The largest absolute Gasteiger partial charge is 0.460 e. The lowest BCUT2D eigenvalue weighted by Gasteiger charge is -2.36. The molecule has 5 heteroatoms. The van der Waals surface area contributed by atoms with Crippen LogP contribution < -0.4 is 5.32 Å². The number of rotatable bonds is 9. The number of unbranched alkanes of at least 4 members (excludes halogenated alkanes) is 1. The molecule has 0 aromatic rings. The van der Waals surface area contributed by atoms with Crippen LogP contribution in [0.2, 0.25) is 0 Å². The van der Waals surface area contributed by atoms with Crippen LogP contribution in [-0.4, -0.2) is 29.3 Å². The zero-order chi connectivity index (χ0) is 18.1. The van der Waals surface area contributed by atoms with Crippen LogP contribution in [0.15, 0.2) is 35.3 Å². The van der Waals surface area contributed by atoms with Gasteiger partial charge in [-0.3, -0.25) is 4.79 Å². The van der Waals surface area contributed by atoms with Crippen molar-refractivity contribution in [3.05, 3.63) is 35.3 Å². The van der Waals surface area contributed by atoms with Gasteiger partial charge in [-0.2, -0.15) is 0 Å². The Hall–Kier alpha value is -1.49. The van der Waals surface area contributed by atoms with E-state index in [1.165, 1.54) is 4.91 Å². The maximum absolute atomic E-state index is 12.4. The van der Waals surface area contributed by atoms with Gasteiger partial charge in [0, 0.05) is 12.2 Å². The van der Waals surface area contributed by atoms with E-state index in [1.807, 2.05) is 6.08 Å². The third-order valence-electron chi connectivity index (χ3n) is 4.46. The van der Waals surface area contributed by atoms with E-state index in [2.05, 4.69) is 36.5 Å². The molecule has 0 unspecified atom stereocenters. The van der Waals surface area contributed by atoms with Gasteiger partial charge in [0.2, 0.25) is 5.91 Å². The normalized spacial score (nSPS) is 25.9. The summed E-state index contributed by atoms with van der Waals surface area (Å²) >= 11 is 1.75. The molecule has 1 saturated heterocycles. The molecule has 4 nitrogen and oxygen atoms in total. The molecular weight excluding hydrogens is 334 g/mol. The number of cyclic esters (lactones) is 1. The molecule has 0 spiro atoms. The topological polar surface area (TPSA) is 55.4 Å². The first-order valence-electron chi connectivity index (χ1n) is 9.19. The number of thioether (sulfide) groups is 1. The van der Waals surface area contributed by atoms with Crippen molar-refractivity contribution < 1.29 is 14.3 Å². The van der Waals surface area contributed by atoms with Crippen molar-refractivity contribution in [3.8, 4) is 0 Å². The van der Waals surface area contributed by atoms with E-state index in [0.717, 1.165) is 31.4 Å². The van der Waals surface area contributed by atoms with Crippen LogP contribution in [0.4, 0.5) is 0 Å². The highest BCUT2D eigenvalue weighted by Crippen LogP contribution is 2.30. The summed E-state index contributed by atoms with van der Waals surface area (Å²) in [4.78, 5) is 25.8. The summed E-state index contributed by atoms with van der Waals surface area (Å²) in [5, 5.41) is 2.88. The van der Waals surface area contributed by atoms with Gasteiger partial charge in [0.05, 0.1) is 0 Å². The molecule has 0 aromatic heterocycles. The standard InChI is InChI=1S/C20H29NO3S/c1-3-4-5-6-7-12-18(22)21-20(2)14-13-16(24-19(20)23)15-25-17-10-8-9-11-17/h5-6,8-10,16H,3-4,7,11-15H2,1-2H3,(H,21,22)/b6-5-/t16-,20-/m0/s1. The predicted molar refractivity (Wildman–Crippen MR) is 103 cm³/mol. The van der Waals surface area contributed by atoms with Gasteiger partial charge in [0.1, 0.15) is 11.6 Å². The van der Waals surface area contributed by atoms with Crippen LogP contribution in [-0.2, 0) is 14.3 Å². The lowest BCUT2D eigenvalue weighted by molar-refractivity contribution is -0.163. The Morgan fingerprint density at radius 3 is 2.92 bits per heavy atom. The molecule has 1 aliphatic heterocycles. The predicted octanol–water partition coefficient (Wildman–Crippen LogP) is 4.28. The van der Waals surface area contributed by atoms with Crippen LogP contribution >= 0.6 is 11.8 Å². The number of allylic oxidation sites excluding steroid dienone is 6. The molecule has 0 radical (unpaired) electrons. The molecule has 2 rings (SSSR count). The van der Waals surface area contributed by atoms with E-state index in [1.54, 1.807) is 18.7 Å². The van der Waals surface area contributed by atoms with Gasteiger partial charge in [-0.15, -0.1) is 11.8 Å². The Bertz CT molecular complexity index is 567. The van der Waals surface area contributed by atoms with Crippen molar-refractivity contribution in [3.63, 3.8) is 0 Å². The van der Waals surface area contributed by atoms with Gasteiger partial charge in [0.15, 0.2) is 0 Å². The molecule has 1 aliphatic carbocycles. The molecule has 25 heavy (non-hydrogen) atoms. The minimum atomic E-state index is -0.889. The highest BCUT2D eigenvalue weighted by molar-refractivity contribution is 8.03. The Morgan fingerprint density at radius 1 is 1.44 bits per heavy atom. The van der Waals surface area contributed by atoms with Crippen molar-refractivity contribution in [2.24, 2.45) is 0 Å².